The van der Waals surface area contributed by atoms with Crippen molar-refractivity contribution in [3.8, 4) is 0 Å². The maximum Gasteiger partial charge on any atom is 0.320 e. The molecule has 2 bridgehead atoms. The van der Waals surface area contributed by atoms with Crippen molar-refractivity contribution < 1.29 is 4.79 Å². The molecule has 2 saturated carbocycles. The van der Waals surface area contributed by atoms with E-state index in [0.717, 1.165) is 23.5 Å². The van der Waals surface area contributed by atoms with Crippen molar-refractivity contribution in [2.24, 2.45) is 11.8 Å². The number of amides is 2. The van der Waals surface area contributed by atoms with E-state index in [9.17, 15) is 4.79 Å². The van der Waals surface area contributed by atoms with Gasteiger partial charge in [-0.25, -0.2) is 14.8 Å². The fourth-order valence-corrected chi connectivity index (χ4v) is 3.63. The third kappa shape index (κ3) is 2.01. The predicted molar refractivity (Wildman–Crippen MR) is 75.3 cm³/mol. The average Bonchev–Trinajstić information content (AvgIpc) is 3.13. The van der Waals surface area contributed by atoms with Crippen molar-refractivity contribution >= 4 is 23.0 Å². The molecule has 20 heavy (non-hydrogen) atoms. The highest BCUT2D eigenvalue weighted by atomic mass is 16.2. The normalized spacial score (nSPS) is 27.9. The van der Waals surface area contributed by atoms with Crippen LogP contribution in [0.1, 0.15) is 25.7 Å². The molecule has 0 radical (unpaired) electrons. The fourth-order valence-electron chi connectivity index (χ4n) is 3.63. The molecule has 0 aromatic carbocycles. The molecular formula is C14H17N5O. The lowest BCUT2D eigenvalue weighted by Crippen LogP contribution is -2.41. The quantitative estimate of drug-likeness (QED) is 0.783. The zero-order valence-electron chi connectivity index (χ0n) is 11.1. The number of carbonyl (C=O) groups is 1. The smallest absolute Gasteiger partial charge is 0.320 e. The molecule has 2 amide bonds. The van der Waals surface area contributed by atoms with Gasteiger partial charge in [0.2, 0.25) is 0 Å². The van der Waals surface area contributed by atoms with Crippen LogP contribution in [0.3, 0.4) is 0 Å². The molecule has 0 unspecified atom stereocenters. The summed E-state index contributed by atoms with van der Waals surface area (Å²) in [4.78, 5) is 23.5. The maximum absolute atomic E-state index is 12.0. The maximum atomic E-state index is 12.0. The van der Waals surface area contributed by atoms with Crippen molar-refractivity contribution in [3.05, 3.63) is 18.5 Å². The van der Waals surface area contributed by atoms with Gasteiger partial charge in [-0.1, -0.05) is 6.42 Å². The summed E-state index contributed by atoms with van der Waals surface area (Å²) in [5.74, 6) is 1.98. The standard InChI is InChI=1S/C14H17N5O/c20-14(18-11-6-8-1-2-9(11)5-8)19-12-7-16-13-10(17-12)3-4-15-13/h3-4,7-9,11H,1-2,5-6H2,(H,15,16)(H2,17,18,19,20)/t8-,9-,11-/m1/s1. The molecule has 2 aromatic heterocycles. The van der Waals surface area contributed by atoms with Crippen molar-refractivity contribution in [2.45, 2.75) is 31.7 Å². The van der Waals surface area contributed by atoms with Crippen LogP contribution in [0, 0.1) is 11.8 Å². The Morgan fingerprint density at radius 2 is 2.30 bits per heavy atom. The number of nitrogens with one attached hydrogen (secondary N) is 3. The lowest BCUT2D eigenvalue weighted by molar-refractivity contribution is 0.242. The topological polar surface area (TPSA) is 82.7 Å². The molecule has 0 aliphatic heterocycles. The van der Waals surface area contributed by atoms with Crippen molar-refractivity contribution in [3.63, 3.8) is 0 Å². The van der Waals surface area contributed by atoms with Gasteiger partial charge in [0, 0.05) is 12.2 Å². The number of hydrogen-bond donors (Lipinski definition) is 3. The molecule has 6 heteroatoms. The van der Waals surface area contributed by atoms with Gasteiger partial charge in [-0.05, 0) is 37.2 Å². The van der Waals surface area contributed by atoms with Gasteiger partial charge >= 0.3 is 6.03 Å². The Hall–Kier alpha value is -2.11. The van der Waals surface area contributed by atoms with Gasteiger partial charge in [-0.3, -0.25) is 5.32 Å². The summed E-state index contributed by atoms with van der Waals surface area (Å²) in [5, 5.41) is 5.85. The molecule has 2 fully saturated rings. The minimum absolute atomic E-state index is 0.174. The Bertz CT molecular complexity index is 652. The molecule has 0 saturated heterocycles. The number of anilines is 1. The number of urea groups is 1. The molecule has 2 aromatic rings. The van der Waals surface area contributed by atoms with E-state index in [4.69, 9.17) is 0 Å². The first-order chi connectivity index (χ1) is 9.78. The van der Waals surface area contributed by atoms with E-state index in [0.29, 0.717) is 17.8 Å². The van der Waals surface area contributed by atoms with E-state index < -0.39 is 0 Å². The van der Waals surface area contributed by atoms with Crippen LogP contribution in [0.4, 0.5) is 10.6 Å². The van der Waals surface area contributed by atoms with Crippen LogP contribution in [0.25, 0.3) is 11.2 Å². The van der Waals surface area contributed by atoms with E-state index >= 15 is 0 Å². The third-order valence-corrected chi connectivity index (χ3v) is 4.56. The van der Waals surface area contributed by atoms with Crippen LogP contribution in [0.5, 0.6) is 0 Å². The second kappa shape index (κ2) is 4.47. The van der Waals surface area contributed by atoms with E-state index in [1.54, 1.807) is 12.4 Å². The monoisotopic (exact) mass is 271 g/mol. The second-order valence-electron chi connectivity index (χ2n) is 5.85. The number of carbonyl (C=O) groups excluding carboxylic acids is 1. The number of nitrogens with zero attached hydrogens (tertiary/aromatic N) is 2. The Kier molecular flexibility index (Phi) is 2.61. The molecular weight excluding hydrogens is 254 g/mol. The molecule has 3 N–H and O–H groups in total. The van der Waals surface area contributed by atoms with Gasteiger partial charge in [0.15, 0.2) is 11.5 Å². The third-order valence-electron chi connectivity index (χ3n) is 4.56. The van der Waals surface area contributed by atoms with Crippen LogP contribution in [0.15, 0.2) is 18.5 Å². The lowest BCUT2D eigenvalue weighted by atomic mass is 9.95. The Labute approximate surface area is 116 Å². The van der Waals surface area contributed by atoms with Crippen LogP contribution < -0.4 is 10.6 Å². The minimum atomic E-state index is -0.174. The van der Waals surface area contributed by atoms with Crippen LogP contribution in [-0.4, -0.2) is 27.0 Å². The van der Waals surface area contributed by atoms with E-state index in [1.165, 1.54) is 19.3 Å². The molecule has 0 spiro atoms. The molecule has 2 aliphatic rings. The van der Waals surface area contributed by atoms with Gasteiger partial charge < -0.3 is 10.3 Å². The average molecular weight is 271 g/mol. The number of fused-ring (bicyclic) bond motifs is 3. The van der Waals surface area contributed by atoms with Crippen LogP contribution in [-0.2, 0) is 0 Å². The van der Waals surface area contributed by atoms with Crippen molar-refractivity contribution in [2.75, 3.05) is 5.32 Å². The number of rotatable bonds is 2. The van der Waals surface area contributed by atoms with E-state index in [-0.39, 0.29) is 6.03 Å². The summed E-state index contributed by atoms with van der Waals surface area (Å²) >= 11 is 0. The Morgan fingerprint density at radius 3 is 3.10 bits per heavy atom. The zero-order chi connectivity index (χ0) is 13.5. The fraction of sp³-hybridized carbons (Fsp3) is 0.500. The van der Waals surface area contributed by atoms with Crippen molar-refractivity contribution in [1.82, 2.24) is 20.3 Å². The highest BCUT2D eigenvalue weighted by Gasteiger charge is 2.40. The van der Waals surface area contributed by atoms with Gasteiger partial charge in [-0.15, -0.1) is 0 Å². The predicted octanol–water partition coefficient (Wildman–Crippen LogP) is 2.27. The van der Waals surface area contributed by atoms with Crippen LogP contribution >= 0.6 is 0 Å². The molecule has 2 heterocycles. The molecule has 3 atom stereocenters. The van der Waals surface area contributed by atoms with Crippen LogP contribution in [0.2, 0.25) is 0 Å². The van der Waals surface area contributed by atoms with Crippen molar-refractivity contribution in [1.29, 1.82) is 0 Å². The largest absolute Gasteiger partial charge is 0.345 e. The number of hydrogen-bond acceptors (Lipinski definition) is 3. The van der Waals surface area contributed by atoms with Gasteiger partial charge in [0.25, 0.3) is 0 Å². The summed E-state index contributed by atoms with van der Waals surface area (Å²) in [6, 6.07) is 1.99. The minimum Gasteiger partial charge on any atom is -0.345 e. The van der Waals surface area contributed by atoms with Gasteiger partial charge in [0.1, 0.15) is 5.52 Å². The second-order valence-corrected chi connectivity index (χ2v) is 5.85. The van der Waals surface area contributed by atoms with Gasteiger partial charge in [0.05, 0.1) is 6.20 Å². The van der Waals surface area contributed by atoms with Gasteiger partial charge in [-0.2, -0.15) is 0 Å². The van der Waals surface area contributed by atoms with E-state index in [1.807, 2.05) is 6.07 Å². The van der Waals surface area contributed by atoms with E-state index in [2.05, 4.69) is 25.6 Å². The molecule has 4 rings (SSSR count). The number of H-pyrrole nitrogens is 1. The summed E-state index contributed by atoms with van der Waals surface area (Å²) < 4.78 is 0. The SMILES string of the molecule is O=C(Nc1cnc2[nH]ccc2n1)N[C@@H]1C[C@@H]2CC[C@@H]1C2. The first-order valence-corrected chi connectivity index (χ1v) is 7.15. The summed E-state index contributed by atoms with van der Waals surface area (Å²) in [6.07, 6.45) is 8.34. The molecule has 2 aliphatic carbocycles. The highest BCUT2D eigenvalue weighted by molar-refractivity contribution is 5.89. The number of aromatic nitrogens is 3. The molecule has 104 valence electrons. The first kappa shape index (κ1) is 11.7. The first-order valence-electron chi connectivity index (χ1n) is 7.15. The summed E-state index contributed by atoms with van der Waals surface area (Å²) in [5.41, 5.74) is 1.48. The Balaban J connectivity index is 1.41. The summed E-state index contributed by atoms with van der Waals surface area (Å²) in [7, 11) is 0. The zero-order valence-corrected chi connectivity index (χ0v) is 11.1. The molecule has 6 nitrogen and oxygen atoms in total. The lowest BCUT2D eigenvalue weighted by Gasteiger charge is -2.22. The summed E-state index contributed by atoms with van der Waals surface area (Å²) in [6.45, 7) is 0. The number of aromatic amines is 1. The highest BCUT2D eigenvalue weighted by Crippen LogP contribution is 2.44. The Morgan fingerprint density at radius 1 is 1.35 bits per heavy atom.